The highest BCUT2D eigenvalue weighted by Gasteiger charge is 2.19. The van der Waals surface area contributed by atoms with E-state index in [0.29, 0.717) is 16.7 Å². The quantitative estimate of drug-likeness (QED) is 0.775. The minimum atomic E-state index is 0.196. The zero-order chi connectivity index (χ0) is 18.7. The Bertz CT molecular complexity index is 1040. The number of nitrogen functional groups attached to an aromatic ring is 1. The Morgan fingerprint density at radius 2 is 1.46 bits per heavy atom. The van der Waals surface area contributed by atoms with Crippen LogP contribution >= 0.6 is 0 Å². The lowest BCUT2D eigenvalue weighted by Crippen LogP contribution is -2.03. The Balaban J connectivity index is 2.32. The highest BCUT2D eigenvalue weighted by Crippen LogP contribution is 2.39. The second-order valence-corrected chi connectivity index (χ2v) is 5.74. The molecule has 0 unspecified atom stereocenters. The van der Waals surface area contributed by atoms with Gasteiger partial charge in [0.1, 0.15) is 23.2 Å². The second-order valence-electron chi connectivity index (χ2n) is 5.74. The number of hydrogen-bond donors (Lipinski definition) is 1. The number of nitrogens with two attached hydrogens (primary N) is 1. The second kappa shape index (κ2) is 6.96. The molecule has 0 bridgehead atoms. The monoisotopic (exact) mass is 340 g/mol. The van der Waals surface area contributed by atoms with Crippen LogP contribution in [0, 0.1) is 29.6 Å². The summed E-state index contributed by atoms with van der Waals surface area (Å²) in [4.78, 5) is 4.35. The van der Waals surface area contributed by atoms with Gasteiger partial charge >= 0.3 is 0 Å². The molecule has 0 amide bonds. The number of methoxy groups -OCH3 is 1. The first-order valence-electron chi connectivity index (χ1n) is 7.94. The molecule has 126 valence electrons. The van der Waals surface area contributed by atoms with E-state index in [9.17, 15) is 5.26 Å². The molecule has 0 atom stereocenters. The lowest BCUT2D eigenvalue weighted by molar-refractivity contribution is 0.415. The van der Waals surface area contributed by atoms with Gasteiger partial charge in [0.05, 0.1) is 18.7 Å². The summed E-state index contributed by atoms with van der Waals surface area (Å²) in [5, 5.41) is 18.7. The molecule has 0 saturated heterocycles. The summed E-state index contributed by atoms with van der Waals surface area (Å²) in [7, 11) is 1.61. The van der Waals surface area contributed by atoms with Gasteiger partial charge < -0.3 is 10.5 Å². The van der Waals surface area contributed by atoms with E-state index in [1.54, 1.807) is 19.2 Å². The molecule has 1 heterocycles. The summed E-state index contributed by atoms with van der Waals surface area (Å²) in [6.07, 6.45) is 0. The van der Waals surface area contributed by atoms with Gasteiger partial charge in [-0.2, -0.15) is 10.5 Å². The van der Waals surface area contributed by atoms with Crippen molar-refractivity contribution in [2.24, 2.45) is 0 Å². The highest BCUT2D eigenvalue weighted by atomic mass is 16.5. The minimum Gasteiger partial charge on any atom is -0.497 e. The SMILES string of the molecule is COc1ccc(-c2c(C)nc(N)c(C#N)c2-c2ccc(C#N)cc2)cc1. The maximum atomic E-state index is 9.66. The number of benzene rings is 2. The van der Waals surface area contributed by atoms with Crippen molar-refractivity contribution in [2.75, 3.05) is 12.8 Å². The van der Waals surface area contributed by atoms with E-state index in [2.05, 4.69) is 17.1 Å². The number of pyridine rings is 1. The van der Waals surface area contributed by atoms with Crippen LogP contribution in [0.25, 0.3) is 22.3 Å². The molecule has 2 N–H and O–H groups in total. The van der Waals surface area contributed by atoms with E-state index >= 15 is 0 Å². The zero-order valence-corrected chi connectivity index (χ0v) is 14.4. The molecule has 1 aromatic heterocycles. The van der Waals surface area contributed by atoms with Crippen LogP contribution in [0.2, 0.25) is 0 Å². The van der Waals surface area contributed by atoms with Gasteiger partial charge in [-0.1, -0.05) is 24.3 Å². The molecule has 5 heteroatoms. The maximum Gasteiger partial charge on any atom is 0.142 e. The van der Waals surface area contributed by atoms with Crippen molar-refractivity contribution in [3.05, 3.63) is 65.4 Å². The van der Waals surface area contributed by atoms with E-state index in [-0.39, 0.29) is 5.82 Å². The highest BCUT2D eigenvalue weighted by molar-refractivity contribution is 5.91. The van der Waals surface area contributed by atoms with Crippen molar-refractivity contribution < 1.29 is 4.74 Å². The lowest BCUT2D eigenvalue weighted by Gasteiger charge is -2.16. The van der Waals surface area contributed by atoms with Crippen LogP contribution < -0.4 is 10.5 Å². The van der Waals surface area contributed by atoms with Crippen molar-refractivity contribution in [3.63, 3.8) is 0 Å². The Morgan fingerprint density at radius 3 is 2.00 bits per heavy atom. The van der Waals surface area contributed by atoms with Gasteiger partial charge in [0.25, 0.3) is 0 Å². The average molecular weight is 340 g/mol. The molecule has 0 aliphatic rings. The van der Waals surface area contributed by atoms with E-state index in [1.807, 2.05) is 43.3 Å². The van der Waals surface area contributed by atoms with Crippen LogP contribution in [0.5, 0.6) is 5.75 Å². The van der Waals surface area contributed by atoms with Gasteiger partial charge in [-0.15, -0.1) is 0 Å². The van der Waals surface area contributed by atoms with Gasteiger partial charge in [0, 0.05) is 16.8 Å². The van der Waals surface area contributed by atoms with Crippen molar-refractivity contribution in [1.29, 1.82) is 10.5 Å². The fraction of sp³-hybridized carbons (Fsp3) is 0.0952. The zero-order valence-electron chi connectivity index (χ0n) is 14.4. The number of nitrogens with zero attached hydrogens (tertiary/aromatic N) is 3. The fourth-order valence-electron chi connectivity index (χ4n) is 2.95. The number of aromatic nitrogens is 1. The molecule has 3 aromatic rings. The number of rotatable bonds is 3. The van der Waals surface area contributed by atoms with Crippen LogP contribution in [0.4, 0.5) is 5.82 Å². The van der Waals surface area contributed by atoms with E-state index in [0.717, 1.165) is 28.1 Å². The van der Waals surface area contributed by atoms with Crippen molar-refractivity contribution in [3.8, 4) is 40.1 Å². The van der Waals surface area contributed by atoms with Crippen LogP contribution in [-0.4, -0.2) is 12.1 Å². The fourth-order valence-corrected chi connectivity index (χ4v) is 2.95. The molecule has 5 nitrogen and oxygen atoms in total. The number of hydrogen-bond acceptors (Lipinski definition) is 5. The molecule has 0 saturated carbocycles. The van der Waals surface area contributed by atoms with Crippen molar-refractivity contribution in [2.45, 2.75) is 6.92 Å². The lowest BCUT2D eigenvalue weighted by atomic mass is 9.90. The molecule has 0 aliphatic carbocycles. The summed E-state index contributed by atoms with van der Waals surface area (Å²) < 4.78 is 5.22. The predicted octanol–water partition coefficient (Wildman–Crippen LogP) is 4.06. The minimum absolute atomic E-state index is 0.196. The van der Waals surface area contributed by atoms with Crippen LogP contribution in [0.15, 0.2) is 48.5 Å². The first-order valence-corrected chi connectivity index (χ1v) is 7.94. The number of aryl methyl sites for hydroxylation is 1. The van der Waals surface area contributed by atoms with E-state index in [1.165, 1.54) is 0 Å². The number of nitriles is 2. The Hall–Kier alpha value is -3.83. The number of anilines is 1. The van der Waals surface area contributed by atoms with Gasteiger partial charge in [0.2, 0.25) is 0 Å². The normalized spacial score (nSPS) is 10.0. The molecule has 3 rings (SSSR count). The molecule has 0 radical (unpaired) electrons. The standard InChI is InChI=1S/C21H16N4O/c1-13-19(15-7-9-17(26-2)10-8-15)20(18(12-23)21(24)25-13)16-5-3-14(11-22)4-6-16/h3-10H,1-2H3,(H2,24,25). The van der Waals surface area contributed by atoms with Crippen molar-refractivity contribution in [1.82, 2.24) is 4.98 Å². The smallest absolute Gasteiger partial charge is 0.142 e. The third-order valence-corrected chi connectivity index (χ3v) is 4.20. The summed E-state index contributed by atoms with van der Waals surface area (Å²) >= 11 is 0. The Labute approximate surface area is 151 Å². The molecule has 26 heavy (non-hydrogen) atoms. The van der Waals surface area contributed by atoms with Crippen LogP contribution in [0.1, 0.15) is 16.8 Å². The van der Waals surface area contributed by atoms with Crippen molar-refractivity contribution >= 4 is 5.82 Å². The number of ether oxygens (including phenoxy) is 1. The molecule has 0 fully saturated rings. The third-order valence-electron chi connectivity index (χ3n) is 4.20. The van der Waals surface area contributed by atoms with Crippen LogP contribution in [-0.2, 0) is 0 Å². The van der Waals surface area contributed by atoms with E-state index < -0.39 is 0 Å². The average Bonchev–Trinajstić information content (AvgIpc) is 2.68. The summed E-state index contributed by atoms with van der Waals surface area (Å²) in [5.41, 5.74) is 10.9. The summed E-state index contributed by atoms with van der Waals surface area (Å²) in [6.45, 7) is 1.87. The van der Waals surface area contributed by atoms with Gasteiger partial charge in [-0.3, -0.25) is 0 Å². The molecule has 2 aromatic carbocycles. The first kappa shape index (κ1) is 17.0. The Morgan fingerprint density at radius 1 is 0.885 bits per heavy atom. The first-order chi connectivity index (χ1) is 12.6. The van der Waals surface area contributed by atoms with Gasteiger partial charge in [0.15, 0.2) is 0 Å². The summed E-state index contributed by atoms with van der Waals surface area (Å²) in [5.74, 6) is 0.942. The molecular weight excluding hydrogens is 324 g/mol. The van der Waals surface area contributed by atoms with Gasteiger partial charge in [-0.25, -0.2) is 4.98 Å². The largest absolute Gasteiger partial charge is 0.497 e. The molecular formula is C21H16N4O. The molecule has 0 aliphatic heterocycles. The van der Waals surface area contributed by atoms with E-state index in [4.69, 9.17) is 15.7 Å². The maximum absolute atomic E-state index is 9.66. The van der Waals surface area contributed by atoms with Crippen LogP contribution in [0.3, 0.4) is 0 Å². The third kappa shape index (κ3) is 2.94. The molecule has 0 spiro atoms. The topological polar surface area (TPSA) is 95.7 Å². The predicted molar refractivity (Wildman–Crippen MR) is 100 cm³/mol. The summed E-state index contributed by atoms with van der Waals surface area (Å²) in [6, 6.07) is 18.9. The Kier molecular flexibility index (Phi) is 4.55. The van der Waals surface area contributed by atoms with Gasteiger partial charge in [-0.05, 0) is 42.3 Å².